The lowest BCUT2D eigenvalue weighted by Gasteiger charge is -2.06. The summed E-state index contributed by atoms with van der Waals surface area (Å²) in [5, 5.41) is 0.721. The van der Waals surface area contributed by atoms with Crippen LogP contribution in [0.2, 0.25) is 0 Å². The van der Waals surface area contributed by atoms with Crippen molar-refractivity contribution in [2.24, 2.45) is 0 Å². The lowest BCUT2D eigenvalue weighted by atomic mass is 10.6. The van der Waals surface area contributed by atoms with Crippen molar-refractivity contribution in [3.05, 3.63) is 0 Å². The van der Waals surface area contributed by atoms with Gasteiger partial charge in [-0.15, -0.1) is 11.6 Å². The second-order valence-corrected chi connectivity index (χ2v) is 4.94. The second-order valence-electron chi connectivity index (χ2n) is 2.08. The van der Waals surface area contributed by atoms with E-state index in [0.717, 1.165) is 11.1 Å². The first-order chi connectivity index (χ1) is 4.43. The summed E-state index contributed by atoms with van der Waals surface area (Å²) in [6.07, 6.45) is 1.36. The van der Waals surface area contributed by atoms with Crippen LogP contribution in [0.4, 0.5) is 0 Å². The molecule has 0 bridgehead atoms. The Morgan fingerprint density at radius 1 is 1.44 bits per heavy atom. The molecule has 1 fully saturated rings. The second kappa shape index (κ2) is 4.75. The minimum absolute atomic E-state index is 0.721. The predicted octanol–water partition coefficient (Wildman–Crippen LogP) is 2.46. The molecule has 1 rings (SSSR count). The smallest absolute Gasteiger partial charge is 0.0350 e. The number of hydrogen-bond acceptors (Lipinski definition) is 2. The summed E-state index contributed by atoms with van der Waals surface area (Å²) < 4.78 is 0. The van der Waals surface area contributed by atoms with Crippen LogP contribution in [0.1, 0.15) is 6.42 Å². The summed E-state index contributed by atoms with van der Waals surface area (Å²) >= 11 is 9.79. The molecule has 0 N–H and O–H groups in total. The standard InChI is InChI=1S/C6H11ClS2/c7-4-6-5-8-2-1-3-9-6/h6H,1-5H2. The topological polar surface area (TPSA) is 0 Å². The maximum absolute atomic E-state index is 5.72. The average Bonchev–Trinajstić information content (AvgIpc) is 2.13. The zero-order valence-electron chi connectivity index (χ0n) is 5.31. The van der Waals surface area contributed by atoms with Gasteiger partial charge in [-0.3, -0.25) is 0 Å². The van der Waals surface area contributed by atoms with Gasteiger partial charge in [0, 0.05) is 16.9 Å². The van der Waals surface area contributed by atoms with Gasteiger partial charge in [-0.2, -0.15) is 23.5 Å². The van der Waals surface area contributed by atoms with Gasteiger partial charge in [-0.1, -0.05) is 0 Å². The molecule has 0 amide bonds. The van der Waals surface area contributed by atoms with Gasteiger partial charge in [0.15, 0.2) is 0 Å². The molecule has 1 aliphatic heterocycles. The molecule has 3 heteroatoms. The van der Waals surface area contributed by atoms with E-state index in [1.807, 2.05) is 23.5 Å². The summed E-state index contributed by atoms with van der Waals surface area (Å²) in [6, 6.07) is 0. The lowest BCUT2D eigenvalue weighted by Crippen LogP contribution is -2.06. The molecule has 0 nitrogen and oxygen atoms in total. The maximum Gasteiger partial charge on any atom is 0.0350 e. The first-order valence-corrected chi connectivity index (χ1v) is 5.92. The van der Waals surface area contributed by atoms with E-state index in [0.29, 0.717) is 0 Å². The molecule has 0 aliphatic carbocycles. The minimum atomic E-state index is 0.721. The van der Waals surface area contributed by atoms with Crippen molar-refractivity contribution < 1.29 is 0 Å². The summed E-state index contributed by atoms with van der Waals surface area (Å²) in [6.45, 7) is 0. The maximum atomic E-state index is 5.72. The lowest BCUT2D eigenvalue weighted by molar-refractivity contribution is 1.12. The Bertz CT molecular complexity index is 69.5. The fourth-order valence-corrected chi connectivity index (χ4v) is 3.75. The molecule has 0 spiro atoms. The molecule has 0 aromatic heterocycles. The van der Waals surface area contributed by atoms with Crippen molar-refractivity contribution >= 4 is 35.1 Å². The van der Waals surface area contributed by atoms with E-state index in [4.69, 9.17) is 11.6 Å². The van der Waals surface area contributed by atoms with Crippen molar-refractivity contribution in [2.75, 3.05) is 23.1 Å². The molecule has 0 aromatic carbocycles. The van der Waals surface area contributed by atoms with Crippen LogP contribution in [-0.4, -0.2) is 28.4 Å². The van der Waals surface area contributed by atoms with Gasteiger partial charge in [-0.05, 0) is 17.9 Å². The Labute approximate surface area is 70.1 Å². The highest BCUT2D eigenvalue weighted by Crippen LogP contribution is 2.23. The quantitative estimate of drug-likeness (QED) is 0.572. The van der Waals surface area contributed by atoms with Gasteiger partial charge < -0.3 is 0 Å². The Balaban J connectivity index is 2.18. The third kappa shape index (κ3) is 3.06. The molecular weight excluding hydrogens is 172 g/mol. The minimum Gasteiger partial charge on any atom is -0.161 e. The molecule has 1 aliphatic rings. The Kier molecular flexibility index (Phi) is 4.27. The largest absolute Gasteiger partial charge is 0.161 e. The van der Waals surface area contributed by atoms with E-state index >= 15 is 0 Å². The number of halogens is 1. The zero-order valence-corrected chi connectivity index (χ0v) is 7.70. The third-order valence-electron chi connectivity index (χ3n) is 1.26. The molecule has 1 saturated heterocycles. The van der Waals surface area contributed by atoms with Crippen LogP contribution in [-0.2, 0) is 0 Å². The summed E-state index contributed by atoms with van der Waals surface area (Å²) in [7, 11) is 0. The number of rotatable bonds is 1. The Hall–Kier alpha value is 0.990. The van der Waals surface area contributed by atoms with E-state index in [1.54, 1.807) is 0 Å². The molecular formula is C6H11ClS2. The molecule has 1 atom stereocenters. The van der Waals surface area contributed by atoms with Gasteiger partial charge in [0.05, 0.1) is 0 Å². The van der Waals surface area contributed by atoms with Gasteiger partial charge in [0.2, 0.25) is 0 Å². The van der Waals surface area contributed by atoms with Crippen LogP contribution in [0, 0.1) is 0 Å². The van der Waals surface area contributed by atoms with Crippen molar-refractivity contribution in [3.8, 4) is 0 Å². The van der Waals surface area contributed by atoms with Crippen LogP contribution in [0.15, 0.2) is 0 Å². The van der Waals surface area contributed by atoms with E-state index in [9.17, 15) is 0 Å². The molecule has 54 valence electrons. The summed E-state index contributed by atoms with van der Waals surface area (Å²) in [5.41, 5.74) is 0. The van der Waals surface area contributed by atoms with Crippen molar-refractivity contribution in [1.29, 1.82) is 0 Å². The average molecular weight is 183 g/mol. The van der Waals surface area contributed by atoms with Crippen molar-refractivity contribution in [2.45, 2.75) is 11.7 Å². The fourth-order valence-electron chi connectivity index (χ4n) is 0.763. The van der Waals surface area contributed by atoms with Crippen molar-refractivity contribution in [1.82, 2.24) is 0 Å². The summed E-state index contributed by atoms with van der Waals surface area (Å²) in [4.78, 5) is 0. The van der Waals surface area contributed by atoms with Gasteiger partial charge in [-0.25, -0.2) is 0 Å². The van der Waals surface area contributed by atoms with E-state index < -0.39 is 0 Å². The van der Waals surface area contributed by atoms with Crippen LogP contribution in [0.3, 0.4) is 0 Å². The first-order valence-electron chi connectivity index (χ1n) is 3.19. The molecule has 0 saturated carbocycles. The molecule has 0 aromatic rings. The fraction of sp³-hybridized carbons (Fsp3) is 1.00. The first kappa shape index (κ1) is 8.09. The molecule has 1 unspecified atom stereocenters. The summed E-state index contributed by atoms with van der Waals surface area (Å²) in [5.74, 6) is 4.73. The molecule has 1 heterocycles. The van der Waals surface area contributed by atoms with Crippen LogP contribution < -0.4 is 0 Å². The Morgan fingerprint density at radius 2 is 2.33 bits per heavy atom. The zero-order chi connectivity index (χ0) is 6.53. The SMILES string of the molecule is ClCC1CSCCCS1. The van der Waals surface area contributed by atoms with E-state index in [-0.39, 0.29) is 0 Å². The highest BCUT2D eigenvalue weighted by molar-refractivity contribution is 8.04. The van der Waals surface area contributed by atoms with Crippen LogP contribution >= 0.6 is 35.1 Å². The van der Waals surface area contributed by atoms with E-state index in [1.165, 1.54) is 23.7 Å². The normalized spacial score (nSPS) is 29.7. The molecule has 0 radical (unpaired) electrons. The third-order valence-corrected chi connectivity index (χ3v) is 4.57. The van der Waals surface area contributed by atoms with Crippen molar-refractivity contribution in [3.63, 3.8) is 0 Å². The Morgan fingerprint density at radius 3 is 3.11 bits per heavy atom. The van der Waals surface area contributed by atoms with Gasteiger partial charge >= 0.3 is 0 Å². The number of alkyl halides is 1. The van der Waals surface area contributed by atoms with Gasteiger partial charge in [0.1, 0.15) is 0 Å². The number of hydrogen-bond donors (Lipinski definition) is 0. The number of thioether (sulfide) groups is 2. The highest BCUT2D eigenvalue weighted by Gasteiger charge is 2.10. The highest BCUT2D eigenvalue weighted by atomic mass is 35.5. The van der Waals surface area contributed by atoms with Gasteiger partial charge in [0.25, 0.3) is 0 Å². The predicted molar refractivity (Wildman–Crippen MR) is 48.9 cm³/mol. The van der Waals surface area contributed by atoms with Crippen LogP contribution in [0.25, 0.3) is 0 Å². The van der Waals surface area contributed by atoms with E-state index in [2.05, 4.69) is 0 Å². The molecule has 9 heavy (non-hydrogen) atoms. The monoisotopic (exact) mass is 182 g/mol. The van der Waals surface area contributed by atoms with Crippen LogP contribution in [0.5, 0.6) is 0 Å².